The van der Waals surface area contributed by atoms with Gasteiger partial charge in [0.1, 0.15) is 0 Å². The molecule has 0 spiro atoms. The number of carbonyl (C=O) groups excluding carboxylic acids is 1. The Balaban J connectivity index is 1.56. The van der Waals surface area contributed by atoms with Crippen molar-refractivity contribution >= 4 is 29.2 Å². The second-order valence-corrected chi connectivity index (χ2v) is 8.47. The molecule has 0 bridgehead atoms. The third-order valence-electron chi connectivity index (χ3n) is 6.00. The third kappa shape index (κ3) is 3.29. The molecule has 0 radical (unpaired) electrons. The quantitative estimate of drug-likeness (QED) is 0.553. The van der Waals surface area contributed by atoms with Crippen molar-refractivity contribution in [1.82, 2.24) is 4.98 Å². The Morgan fingerprint density at radius 1 is 1.07 bits per heavy atom. The van der Waals surface area contributed by atoms with Gasteiger partial charge < -0.3 is 0 Å². The molecule has 1 unspecified atom stereocenters. The molecule has 2 aliphatic rings. The molecule has 3 nitrogen and oxygen atoms in total. The highest BCUT2D eigenvalue weighted by Crippen LogP contribution is 2.35. The molecule has 1 atom stereocenters. The molecule has 1 aliphatic carbocycles. The second kappa shape index (κ2) is 7.33. The molecular weight excluding hydrogens is 392 g/mol. The van der Waals surface area contributed by atoms with Gasteiger partial charge in [-0.15, -0.1) is 0 Å². The Bertz CT molecular complexity index is 1260. The van der Waals surface area contributed by atoms with Crippen molar-refractivity contribution < 1.29 is 4.79 Å². The molecule has 0 amide bonds. The monoisotopic (exact) mass is 412 g/mol. The number of Topliss-reactive ketones (excluding diaryl/α,β-unsaturated/α-hetero) is 1. The minimum Gasteiger partial charge on any atom is -0.294 e. The van der Waals surface area contributed by atoms with Gasteiger partial charge in [-0.05, 0) is 65.6 Å². The van der Waals surface area contributed by atoms with Gasteiger partial charge in [-0.3, -0.25) is 14.8 Å². The lowest BCUT2D eigenvalue weighted by molar-refractivity contribution is -0.115. The Kier molecular flexibility index (Phi) is 4.63. The van der Waals surface area contributed by atoms with Crippen molar-refractivity contribution in [2.45, 2.75) is 32.7 Å². The summed E-state index contributed by atoms with van der Waals surface area (Å²) in [6.45, 7) is 4.72. The summed E-state index contributed by atoms with van der Waals surface area (Å²) in [5.41, 5.74) is 9.50. The summed E-state index contributed by atoms with van der Waals surface area (Å²) >= 11 is 6.17. The summed E-state index contributed by atoms with van der Waals surface area (Å²) in [5.74, 6) is 0.174. The summed E-state index contributed by atoms with van der Waals surface area (Å²) in [6.07, 6.45) is 4.32. The SMILES string of the molecule is Cc1cc(C2=NCc3cc4c(cc32)C=C(C(C)c2cccc(Cl)c2)C(=O)C4)ccn1. The summed E-state index contributed by atoms with van der Waals surface area (Å²) in [7, 11) is 0. The summed E-state index contributed by atoms with van der Waals surface area (Å²) in [6, 6.07) is 16.2. The fraction of sp³-hybridized carbons (Fsp3) is 0.192. The molecule has 5 rings (SSSR count). The van der Waals surface area contributed by atoms with E-state index in [-0.39, 0.29) is 11.7 Å². The lowest BCUT2D eigenvalue weighted by Crippen LogP contribution is -2.17. The lowest BCUT2D eigenvalue weighted by atomic mass is 9.81. The van der Waals surface area contributed by atoms with Gasteiger partial charge in [-0.2, -0.15) is 0 Å². The molecule has 1 aliphatic heterocycles. The summed E-state index contributed by atoms with van der Waals surface area (Å²) < 4.78 is 0. The standard InChI is InChI=1S/C26H21ClN2O/c1-15-8-18(6-7-28-15)26-24-12-20-11-23(16(2)17-4-3-5-22(27)10-17)25(30)13-19(20)9-21(24)14-29-26/h3-12,16H,13-14H2,1-2H3. The number of hydrogen-bond donors (Lipinski definition) is 0. The molecular formula is C26H21ClN2O. The van der Waals surface area contributed by atoms with Gasteiger partial charge in [0.25, 0.3) is 0 Å². The maximum Gasteiger partial charge on any atom is 0.163 e. The molecule has 4 heteroatoms. The number of ketones is 1. The Morgan fingerprint density at radius 2 is 1.93 bits per heavy atom. The highest BCUT2D eigenvalue weighted by molar-refractivity contribution is 6.30. The molecule has 30 heavy (non-hydrogen) atoms. The maximum atomic E-state index is 12.9. The summed E-state index contributed by atoms with van der Waals surface area (Å²) in [5, 5.41) is 0.690. The van der Waals surface area contributed by atoms with Crippen LogP contribution in [-0.2, 0) is 17.8 Å². The zero-order valence-corrected chi connectivity index (χ0v) is 17.7. The number of fused-ring (bicyclic) bond motifs is 2. The average Bonchev–Trinajstić information content (AvgIpc) is 3.14. The Hall–Kier alpha value is -3.04. The van der Waals surface area contributed by atoms with Gasteiger partial charge >= 0.3 is 0 Å². The minimum absolute atomic E-state index is 0.00594. The van der Waals surface area contributed by atoms with Crippen molar-refractivity contribution in [2.24, 2.45) is 4.99 Å². The third-order valence-corrected chi connectivity index (χ3v) is 6.23. The number of aliphatic imine (C=N–C) groups is 1. The number of benzene rings is 2. The van der Waals surface area contributed by atoms with E-state index >= 15 is 0 Å². The highest BCUT2D eigenvalue weighted by atomic mass is 35.5. The van der Waals surface area contributed by atoms with Crippen LogP contribution in [0.25, 0.3) is 6.08 Å². The van der Waals surface area contributed by atoms with E-state index in [0.717, 1.165) is 44.8 Å². The molecule has 2 aromatic carbocycles. The summed E-state index contributed by atoms with van der Waals surface area (Å²) in [4.78, 5) is 22.0. The van der Waals surface area contributed by atoms with Crippen molar-refractivity contribution in [3.63, 3.8) is 0 Å². The zero-order valence-electron chi connectivity index (χ0n) is 16.9. The van der Waals surface area contributed by atoms with E-state index in [1.54, 1.807) is 0 Å². The number of nitrogens with zero attached hydrogens (tertiary/aromatic N) is 2. The number of halogens is 1. The van der Waals surface area contributed by atoms with Crippen LogP contribution in [0.1, 0.15) is 51.9 Å². The zero-order chi connectivity index (χ0) is 20.8. The van der Waals surface area contributed by atoms with Gasteiger partial charge in [0.05, 0.1) is 12.3 Å². The van der Waals surface area contributed by atoms with E-state index in [0.29, 0.717) is 18.0 Å². The number of carbonyl (C=O) groups is 1. The van der Waals surface area contributed by atoms with Gasteiger partial charge in [0.15, 0.2) is 5.78 Å². The van der Waals surface area contributed by atoms with Crippen LogP contribution in [0.3, 0.4) is 0 Å². The van der Waals surface area contributed by atoms with Gasteiger partial charge in [-0.25, -0.2) is 0 Å². The molecule has 148 valence electrons. The van der Waals surface area contributed by atoms with Crippen molar-refractivity contribution in [3.8, 4) is 0 Å². The largest absolute Gasteiger partial charge is 0.294 e. The molecule has 0 N–H and O–H groups in total. The Labute approximate surface area is 181 Å². The van der Waals surface area contributed by atoms with Crippen molar-refractivity contribution in [1.29, 1.82) is 0 Å². The van der Waals surface area contributed by atoms with Crippen LogP contribution in [0.15, 0.2) is 65.3 Å². The van der Waals surface area contributed by atoms with E-state index in [1.165, 1.54) is 5.56 Å². The number of hydrogen-bond acceptors (Lipinski definition) is 3. The fourth-order valence-corrected chi connectivity index (χ4v) is 4.58. The van der Waals surface area contributed by atoms with Crippen LogP contribution >= 0.6 is 11.6 Å². The van der Waals surface area contributed by atoms with E-state index in [4.69, 9.17) is 16.6 Å². The molecule has 0 saturated carbocycles. The number of allylic oxidation sites excluding steroid dienone is 1. The minimum atomic E-state index is -0.00594. The van der Waals surface area contributed by atoms with Gasteiger partial charge in [0, 0.05) is 46.0 Å². The fourth-order valence-electron chi connectivity index (χ4n) is 4.39. The number of aryl methyl sites for hydroxylation is 1. The normalized spacial score (nSPS) is 15.9. The van der Waals surface area contributed by atoms with Crippen LogP contribution in [0.2, 0.25) is 5.02 Å². The van der Waals surface area contributed by atoms with Crippen LogP contribution in [0.5, 0.6) is 0 Å². The predicted molar refractivity (Wildman–Crippen MR) is 121 cm³/mol. The van der Waals surface area contributed by atoms with Crippen LogP contribution in [-0.4, -0.2) is 16.5 Å². The van der Waals surface area contributed by atoms with Gasteiger partial charge in [-0.1, -0.05) is 36.7 Å². The molecule has 0 saturated heterocycles. The lowest BCUT2D eigenvalue weighted by Gasteiger charge is -2.22. The topological polar surface area (TPSA) is 42.3 Å². The van der Waals surface area contributed by atoms with E-state index in [1.807, 2.05) is 43.5 Å². The van der Waals surface area contributed by atoms with E-state index in [9.17, 15) is 4.79 Å². The average molecular weight is 413 g/mol. The Morgan fingerprint density at radius 3 is 2.73 bits per heavy atom. The number of rotatable bonds is 3. The second-order valence-electron chi connectivity index (χ2n) is 8.04. The smallest absolute Gasteiger partial charge is 0.163 e. The molecule has 1 aromatic heterocycles. The molecule has 3 aromatic rings. The predicted octanol–water partition coefficient (Wildman–Crippen LogP) is 5.71. The highest BCUT2D eigenvalue weighted by Gasteiger charge is 2.27. The van der Waals surface area contributed by atoms with Gasteiger partial charge in [0.2, 0.25) is 0 Å². The maximum absolute atomic E-state index is 12.9. The van der Waals surface area contributed by atoms with Crippen molar-refractivity contribution in [2.75, 3.05) is 0 Å². The van der Waals surface area contributed by atoms with E-state index in [2.05, 4.69) is 36.2 Å². The first-order valence-electron chi connectivity index (χ1n) is 10.1. The first-order valence-corrected chi connectivity index (χ1v) is 10.5. The number of pyridine rings is 1. The van der Waals surface area contributed by atoms with Crippen LogP contribution in [0, 0.1) is 6.92 Å². The first-order chi connectivity index (χ1) is 14.5. The number of aromatic nitrogens is 1. The van der Waals surface area contributed by atoms with Crippen LogP contribution in [0.4, 0.5) is 0 Å². The molecule has 0 fully saturated rings. The van der Waals surface area contributed by atoms with Crippen molar-refractivity contribution in [3.05, 3.63) is 104 Å². The molecule has 2 heterocycles. The van der Waals surface area contributed by atoms with E-state index < -0.39 is 0 Å². The van der Waals surface area contributed by atoms with Crippen LogP contribution < -0.4 is 0 Å². The first kappa shape index (κ1) is 19.0.